The van der Waals surface area contributed by atoms with Crippen LogP contribution in [0.5, 0.6) is 5.75 Å². The third-order valence-electron chi connectivity index (χ3n) is 6.36. The van der Waals surface area contributed by atoms with Crippen LogP contribution in [0.1, 0.15) is 18.5 Å². The van der Waals surface area contributed by atoms with Crippen molar-refractivity contribution >= 4 is 22.6 Å². The molecule has 0 radical (unpaired) electrons. The summed E-state index contributed by atoms with van der Waals surface area (Å²) in [5, 5.41) is 3.00. The fourth-order valence-corrected chi connectivity index (χ4v) is 4.40. The molecule has 1 saturated heterocycles. The van der Waals surface area contributed by atoms with Gasteiger partial charge in [-0.3, -0.25) is 14.5 Å². The van der Waals surface area contributed by atoms with Crippen LogP contribution in [-0.4, -0.2) is 66.7 Å². The van der Waals surface area contributed by atoms with E-state index in [-0.39, 0.29) is 17.9 Å². The zero-order valence-electron chi connectivity index (χ0n) is 20.0. The number of benzene rings is 2. The van der Waals surface area contributed by atoms with Crippen molar-refractivity contribution in [2.45, 2.75) is 26.3 Å². The summed E-state index contributed by atoms with van der Waals surface area (Å²) in [6, 6.07) is 15.7. The van der Waals surface area contributed by atoms with Crippen molar-refractivity contribution in [1.29, 1.82) is 0 Å². The Kier molecular flexibility index (Phi) is 7.80. The number of fused-ring (bicyclic) bond motifs is 1. The summed E-state index contributed by atoms with van der Waals surface area (Å²) in [6.07, 6.45) is 1.18. The molecule has 1 amide bonds. The minimum absolute atomic E-state index is 0.0326. The third kappa shape index (κ3) is 5.75. The summed E-state index contributed by atoms with van der Waals surface area (Å²) in [6.45, 7) is 7.67. The Hall–Kier alpha value is -3.39. The molecular formula is C26H33N5O3. The van der Waals surface area contributed by atoms with Crippen LogP contribution >= 0.6 is 0 Å². The summed E-state index contributed by atoms with van der Waals surface area (Å²) < 4.78 is 6.89. The highest BCUT2D eigenvalue weighted by atomic mass is 16.5. The van der Waals surface area contributed by atoms with Crippen molar-refractivity contribution in [1.82, 2.24) is 19.8 Å². The molecule has 2 heterocycles. The summed E-state index contributed by atoms with van der Waals surface area (Å²) in [7, 11) is 1.68. The lowest BCUT2D eigenvalue weighted by Crippen LogP contribution is -2.47. The maximum Gasteiger partial charge on any atom is 0.272 e. The number of piperazine rings is 1. The molecule has 0 saturated carbocycles. The van der Waals surface area contributed by atoms with E-state index in [1.54, 1.807) is 18.6 Å². The van der Waals surface area contributed by atoms with Crippen molar-refractivity contribution in [2.75, 3.05) is 51.3 Å². The molecule has 2 aromatic carbocycles. The first-order chi connectivity index (χ1) is 16.5. The van der Waals surface area contributed by atoms with Crippen molar-refractivity contribution in [2.24, 2.45) is 0 Å². The van der Waals surface area contributed by atoms with E-state index in [1.165, 1.54) is 5.69 Å². The van der Waals surface area contributed by atoms with Crippen LogP contribution in [0, 0.1) is 6.92 Å². The van der Waals surface area contributed by atoms with Crippen LogP contribution in [0.25, 0.3) is 11.0 Å². The Balaban J connectivity index is 1.17. The number of hydrogen-bond acceptors (Lipinski definition) is 6. The smallest absolute Gasteiger partial charge is 0.272 e. The predicted molar refractivity (Wildman–Crippen MR) is 135 cm³/mol. The Bertz CT molecular complexity index is 1170. The Morgan fingerprint density at radius 3 is 2.50 bits per heavy atom. The van der Waals surface area contributed by atoms with Crippen molar-refractivity contribution in [3.05, 3.63) is 64.6 Å². The second-order valence-electron chi connectivity index (χ2n) is 8.62. The van der Waals surface area contributed by atoms with E-state index in [9.17, 15) is 9.59 Å². The molecule has 1 aliphatic rings. The molecule has 4 rings (SSSR count). The second kappa shape index (κ2) is 11.2. The molecular weight excluding hydrogens is 430 g/mol. The third-order valence-corrected chi connectivity index (χ3v) is 6.36. The molecule has 0 unspecified atom stereocenters. The fourth-order valence-electron chi connectivity index (χ4n) is 4.40. The first kappa shape index (κ1) is 23.8. The van der Waals surface area contributed by atoms with Crippen LogP contribution in [0.15, 0.2) is 53.3 Å². The largest absolute Gasteiger partial charge is 0.497 e. The zero-order chi connectivity index (χ0) is 23.9. The average molecular weight is 464 g/mol. The standard InChI is InChI=1S/C26H33N5O3/c1-20-26(33)31(24-7-4-3-6-23(24)28-20)15-12-25(32)27-13-5-14-29-16-18-30(19-17-29)21-8-10-22(34-2)11-9-21/h3-4,6-11H,5,12-19H2,1-2H3,(H,27,32). The van der Waals surface area contributed by atoms with E-state index in [4.69, 9.17) is 4.74 Å². The highest BCUT2D eigenvalue weighted by molar-refractivity contribution is 5.77. The molecule has 0 atom stereocenters. The summed E-state index contributed by atoms with van der Waals surface area (Å²) in [5.41, 5.74) is 3.07. The van der Waals surface area contributed by atoms with Gasteiger partial charge in [0.15, 0.2) is 0 Å². The molecule has 1 aromatic heterocycles. The van der Waals surface area contributed by atoms with Crippen molar-refractivity contribution in [3.63, 3.8) is 0 Å². The van der Waals surface area contributed by atoms with Gasteiger partial charge in [-0.15, -0.1) is 0 Å². The number of amides is 1. The van der Waals surface area contributed by atoms with Crippen LogP contribution in [0.4, 0.5) is 5.69 Å². The molecule has 34 heavy (non-hydrogen) atoms. The normalized spacial score (nSPS) is 14.4. The summed E-state index contributed by atoms with van der Waals surface area (Å²) in [4.78, 5) is 34.1. The Morgan fingerprint density at radius 2 is 1.76 bits per heavy atom. The topological polar surface area (TPSA) is 79.7 Å². The van der Waals surface area contributed by atoms with Gasteiger partial charge in [-0.2, -0.15) is 0 Å². The molecule has 3 aromatic rings. The number of carbonyl (C=O) groups excluding carboxylic acids is 1. The molecule has 0 bridgehead atoms. The molecule has 1 fully saturated rings. The van der Waals surface area contributed by atoms with Gasteiger partial charge in [0.25, 0.3) is 5.56 Å². The summed E-state index contributed by atoms with van der Waals surface area (Å²) in [5.74, 6) is 0.843. The van der Waals surface area contributed by atoms with Gasteiger partial charge in [0.1, 0.15) is 11.4 Å². The van der Waals surface area contributed by atoms with Crippen LogP contribution in [0.3, 0.4) is 0 Å². The number of ether oxygens (including phenoxy) is 1. The zero-order valence-corrected chi connectivity index (χ0v) is 20.0. The van der Waals surface area contributed by atoms with Gasteiger partial charge < -0.3 is 19.5 Å². The number of rotatable bonds is 9. The number of hydrogen-bond donors (Lipinski definition) is 1. The number of methoxy groups -OCH3 is 1. The molecule has 1 aliphatic heterocycles. The van der Waals surface area contributed by atoms with Gasteiger partial charge in [-0.05, 0) is 56.3 Å². The van der Waals surface area contributed by atoms with E-state index >= 15 is 0 Å². The van der Waals surface area contributed by atoms with E-state index < -0.39 is 0 Å². The van der Waals surface area contributed by atoms with Gasteiger partial charge >= 0.3 is 0 Å². The lowest BCUT2D eigenvalue weighted by molar-refractivity contribution is -0.121. The second-order valence-corrected chi connectivity index (χ2v) is 8.62. The van der Waals surface area contributed by atoms with Crippen LogP contribution in [-0.2, 0) is 11.3 Å². The average Bonchev–Trinajstić information content (AvgIpc) is 2.87. The number of aryl methyl sites for hydroxylation is 2. The minimum Gasteiger partial charge on any atom is -0.497 e. The van der Waals surface area contributed by atoms with E-state index in [1.807, 2.05) is 36.4 Å². The van der Waals surface area contributed by atoms with Crippen molar-refractivity contribution < 1.29 is 9.53 Å². The van der Waals surface area contributed by atoms with Crippen molar-refractivity contribution in [3.8, 4) is 5.75 Å². The van der Waals surface area contributed by atoms with E-state index in [0.29, 0.717) is 18.8 Å². The SMILES string of the molecule is COc1ccc(N2CCN(CCCNC(=O)CCn3c(=O)c(C)nc4ccccc43)CC2)cc1. The molecule has 180 valence electrons. The lowest BCUT2D eigenvalue weighted by atomic mass is 10.2. The Morgan fingerprint density at radius 1 is 1.03 bits per heavy atom. The highest BCUT2D eigenvalue weighted by Gasteiger charge is 2.17. The predicted octanol–water partition coefficient (Wildman–Crippen LogP) is 2.43. The maximum atomic E-state index is 12.5. The number of nitrogens with zero attached hydrogens (tertiary/aromatic N) is 4. The van der Waals surface area contributed by atoms with Gasteiger partial charge in [0, 0.05) is 51.4 Å². The molecule has 8 heteroatoms. The maximum absolute atomic E-state index is 12.5. The molecule has 8 nitrogen and oxygen atoms in total. The minimum atomic E-state index is -0.139. The lowest BCUT2D eigenvalue weighted by Gasteiger charge is -2.36. The number of nitrogens with one attached hydrogen (secondary N) is 1. The number of aromatic nitrogens is 2. The van der Waals surface area contributed by atoms with Gasteiger partial charge in [0.2, 0.25) is 5.91 Å². The molecule has 1 N–H and O–H groups in total. The quantitative estimate of drug-likeness (QED) is 0.491. The number of anilines is 1. The van der Waals surface area contributed by atoms with E-state index in [0.717, 1.165) is 55.9 Å². The number of carbonyl (C=O) groups is 1. The Labute approximate surface area is 200 Å². The monoisotopic (exact) mass is 463 g/mol. The first-order valence-corrected chi connectivity index (χ1v) is 11.9. The number of para-hydroxylation sites is 2. The van der Waals surface area contributed by atoms with Crippen LogP contribution < -0.4 is 20.5 Å². The van der Waals surface area contributed by atoms with Crippen LogP contribution in [0.2, 0.25) is 0 Å². The molecule has 0 aliphatic carbocycles. The fraction of sp³-hybridized carbons (Fsp3) is 0.423. The molecule has 0 spiro atoms. The summed E-state index contributed by atoms with van der Waals surface area (Å²) >= 11 is 0. The van der Waals surface area contributed by atoms with Gasteiger partial charge in [-0.25, -0.2) is 4.98 Å². The first-order valence-electron chi connectivity index (χ1n) is 11.9. The highest BCUT2D eigenvalue weighted by Crippen LogP contribution is 2.20. The van der Waals surface area contributed by atoms with Gasteiger partial charge in [0.05, 0.1) is 18.1 Å². The van der Waals surface area contributed by atoms with E-state index in [2.05, 4.69) is 32.2 Å². The van der Waals surface area contributed by atoms with Gasteiger partial charge in [-0.1, -0.05) is 12.1 Å².